The molecule has 4 aliphatic carbocycles. The number of pyridine rings is 4. The van der Waals surface area contributed by atoms with Crippen LogP contribution in [0.2, 0.25) is 0 Å². The van der Waals surface area contributed by atoms with Crippen molar-refractivity contribution in [1.82, 2.24) is 0 Å². The number of nitrogens with zero attached hydrogens (tertiary/aromatic N) is 4. The van der Waals surface area contributed by atoms with E-state index < -0.39 is 6.85 Å². The van der Waals surface area contributed by atoms with Crippen LogP contribution in [0.5, 0.6) is 0 Å². The first-order valence-corrected chi connectivity index (χ1v) is 35.3. The van der Waals surface area contributed by atoms with Crippen LogP contribution in [0.25, 0.3) is 89.5 Å². The fraction of sp³-hybridized carbons (Fsp3) is 0.277. The lowest BCUT2D eigenvalue weighted by Crippen LogP contribution is -2.30. The molecule has 0 atom stereocenters. The average molecular weight is 1290 g/mol. The standard InChI is InChI=1S/2C24H26N.2C23H24N/c1-6-17-10-9-11-20-23(17)19-15-18(22-12-7-8-13-25(22)5)16(2)14-21(19)24(20,3)4;1-6-17-10-11-21-19(14-17)20-15-18(23-9-7-8-12-25(23)5)16(2)13-22(20)24(21,3)4;1-15-9-8-10-17-19-14-18(21-11-6-7-12-24(21)5)16(2)13-20(19)23(3,4)22(15)17;1-15-9-10-17-19-14-18(22-8-6-7-11-24(22)5)16(2)13-21(19)23(3,4)20(17)12-15/h2*7-15H,6H2,1-5H3;2*6-14H,1-5H3/q4*+1/i;;1D3;. The van der Waals surface area contributed by atoms with Gasteiger partial charge in [-0.05, 0) is 231 Å². The maximum Gasteiger partial charge on any atom is 0.212 e. The van der Waals surface area contributed by atoms with E-state index in [1.807, 2.05) is 31.4 Å². The molecule has 0 bridgehead atoms. The number of rotatable bonds is 6. The van der Waals surface area contributed by atoms with Crippen molar-refractivity contribution in [2.45, 2.75) is 145 Å². The SMILES string of the molecule is CCc1ccc2c(c1)-c1cc(-c3cccc[n+]3C)c(C)cc1C2(C)C.CCc1cccc2c1-c1cc(-c3cccc[n+]3C)c(C)cc1C2(C)C.Cc1ccc2c(c1)C(C)(C)c1cc(C)c(-c3cccc[n+]3C)cc1-2.[2H]C([2H])([2H])c1cccc2c1C(C)(C)c1cc(C)c(-c3cccc[n+]3C)cc1-2. The zero-order valence-corrected chi connectivity index (χ0v) is 61.5. The van der Waals surface area contributed by atoms with Crippen molar-refractivity contribution >= 4 is 0 Å². The van der Waals surface area contributed by atoms with Crippen LogP contribution in [0.15, 0.2) is 219 Å². The number of aromatic nitrogens is 4. The maximum atomic E-state index is 8.00. The summed E-state index contributed by atoms with van der Waals surface area (Å²) in [6.07, 6.45) is 10.6. The molecule has 4 heteroatoms. The normalized spacial score (nSPS) is 14.9. The van der Waals surface area contributed by atoms with Gasteiger partial charge in [0.05, 0.1) is 0 Å². The Morgan fingerprint density at radius 1 is 0.296 bits per heavy atom. The van der Waals surface area contributed by atoms with E-state index >= 15 is 0 Å². The van der Waals surface area contributed by atoms with Crippen LogP contribution in [0, 0.1) is 41.5 Å². The van der Waals surface area contributed by atoms with Gasteiger partial charge in [0.2, 0.25) is 22.8 Å². The highest BCUT2D eigenvalue weighted by Gasteiger charge is 2.41. The maximum absolute atomic E-state index is 8.00. The summed E-state index contributed by atoms with van der Waals surface area (Å²) in [6, 6.07) is 70.7. The van der Waals surface area contributed by atoms with Crippen molar-refractivity contribution in [2.24, 2.45) is 28.2 Å². The number of aryl methyl sites for hydroxylation is 12. The lowest BCUT2D eigenvalue weighted by atomic mass is 9.80. The minimum absolute atomic E-state index is 0.0675. The van der Waals surface area contributed by atoms with E-state index in [2.05, 4.69) is 332 Å². The fourth-order valence-corrected chi connectivity index (χ4v) is 16.8. The van der Waals surface area contributed by atoms with E-state index in [0.29, 0.717) is 5.56 Å². The Bertz CT molecular complexity index is 5310. The van der Waals surface area contributed by atoms with Gasteiger partial charge in [0.25, 0.3) is 0 Å². The summed E-state index contributed by atoms with van der Waals surface area (Å²) in [5.41, 5.74) is 41.4. The number of fused-ring (bicyclic) bond motifs is 12. The summed E-state index contributed by atoms with van der Waals surface area (Å²) in [5, 5.41) is 0. The highest BCUT2D eigenvalue weighted by atomic mass is 14.9. The Hall–Kier alpha value is -9.64. The first-order chi connectivity index (χ1) is 47.9. The summed E-state index contributed by atoms with van der Waals surface area (Å²) < 4.78 is 32.7. The molecule has 0 aliphatic heterocycles. The van der Waals surface area contributed by atoms with Crippen LogP contribution in [0.1, 0.15) is 162 Å². The van der Waals surface area contributed by atoms with Gasteiger partial charge in [0.1, 0.15) is 28.2 Å². The monoisotopic (exact) mass is 1290 g/mol. The Labute approximate surface area is 589 Å². The molecule has 16 rings (SSSR count). The van der Waals surface area contributed by atoms with Crippen molar-refractivity contribution in [3.05, 3.63) is 308 Å². The highest BCUT2D eigenvalue weighted by molar-refractivity contribution is 5.90. The molecule has 98 heavy (non-hydrogen) atoms. The fourth-order valence-electron chi connectivity index (χ4n) is 16.8. The molecule has 4 heterocycles. The van der Waals surface area contributed by atoms with Crippen LogP contribution in [0.3, 0.4) is 0 Å². The summed E-state index contributed by atoms with van der Waals surface area (Å²) in [5.74, 6) is 0. The zero-order valence-electron chi connectivity index (χ0n) is 64.5. The van der Waals surface area contributed by atoms with Crippen LogP contribution in [0.4, 0.5) is 0 Å². The average Bonchev–Trinajstić information content (AvgIpc) is 1.59. The second kappa shape index (κ2) is 25.3. The topological polar surface area (TPSA) is 15.5 Å². The van der Waals surface area contributed by atoms with Gasteiger partial charge < -0.3 is 0 Å². The van der Waals surface area contributed by atoms with Crippen LogP contribution in [-0.4, -0.2) is 0 Å². The quantitative estimate of drug-likeness (QED) is 0.148. The molecule has 4 aliphatic rings. The number of hydrogen-bond acceptors (Lipinski definition) is 0. The Morgan fingerprint density at radius 3 is 1.15 bits per heavy atom. The summed E-state index contributed by atoms with van der Waals surface area (Å²) >= 11 is 0. The van der Waals surface area contributed by atoms with Crippen molar-refractivity contribution < 1.29 is 22.4 Å². The molecule has 12 aromatic rings. The van der Waals surface area contributed by atoms with E-state index in [-0.39, 0.29) is 21.7 Å². The Balaban J connectivity index is 0.000000120. The van der Waals surface area contributed by atoms with E-state index in [1.54, 1.807) is 6.07 Å². The largest absolute Gasteiger partial charge is 0.212 e. The Morgan fingerprint density at radius 2 is 0.694 bits per heavy atom. The lowest BCUT2D eigenvalue weighted by Gasteiger charge is -2.23. The predicted molar refractivity (Wildman–Crippen MR) is 410 cm³/mol. The summed E-state index contributed by atoms with van der Waals surface area (Å²) in [6.45, 7) is 31.8. The smallest absolute Gasteiger partial charge is 0.201 e. The predicted octanol–water partition coefficient (Wildman–Crippen LogP) is 20.9. The molecule has 0 N–H and O–H groups in total. The van der Waals surface area contributed by atoms with Gasteiger partial charge in [-0.15, -0.1) is 0 Å². The van der Waals surface area contributed by atoms with Gasteiger partial charge in [-0.3, -0.25) is 0 Å². The number of hydrogen-bond donors (Lipinski definition) is 0. The van der Waals surface area contributed by atoms with Crippen LogP contribution >= 0.6 is 0 Å². The van der Waals surface area contributed by atoms with Gasteiger partial charge in [-0.2, -0.15) is 0 Å². The molecule has 0 fully saturated rings. The first-order valence-electron chi connectivity index (χ1n) is 36.8. The van der Waals surface area contributed by atoms with Crippen molar-refractivity contribution in [2.75, 3.05) is 0 Å². The second-order valence-corrected chi connectivity index (χ2v) is 30.3. The minimum Gasteiger partial charge on any atom is -0.201 e. The van der Waals surface area contributed by atoms with Gasteiger partial charge >= 0.3 is 0 Å². The lowest BCUT2D eigenvalue weighted by molar-refractivity contribution is -0.660. The van der Waals surface area contributed by atoms with E-state index in [4.69, 9.17) is 4.11 Å². The van der Waals surface area contributed by atoms with Gasteiger partial charge in [0.15, 0.2) is 24.8 Å². The Kier molecular flexibility index (Phi) is 16.3. The summed E-state index contributed by atoms with van der Waals surface area (Å²) in [4.78, 5) is 0. The van der Waals surface area contributed by atoms with Crippen molar-refractivity contribution in [3.63, 3.8) is 0 Å². The van der Waals surface area contributed by atoms with E-state index in [1.165, 1.54) is 151 Å². The highest BCUT2D eigenvalue weighted by Crippen LogP contribution is 2.55. The molecule has 8 aromatic carbocycles. The van der Waals surface area contributed by atoms with Gasteiger partial charge in [-0.1, -0.05) is 172 Å². The molecule has 0 unspecified atom stereocenters. The molecule has 0 saturated heterocycles. The molecule has 4 aromatic heterocycles. The third-order valence-corrected chi connectivity index (χ3v) is 22.5. The van der Waals surface area contributed by atoms with Gasteiger partial charge in [-0.25, -0.2) is 18.3 Å². The van der Waals surface area contributed by atoms with E-state index in [9.17, 15) is 0 Å². The molecule has 0 saturated carbocycles. The molecule has 0 spiro atoms. The zero-order chi connectivity index (χ0) is 72.2. The minimum atomic E-state index is -2.12. The third kappa shape index (κ3) is 11.3. The van der Waals surface area contributed by atoms with Crippen LogP contribution in [-0.2, 0) is 62.7 Å². The molecule has 492 valence electrons. The molecular formula is C94H100N4+4. The second-order valence-electron chi connectivity index (χ2n) is 30.3. The van der Waals surface area contributed by atoms with E-state index in [0.717, 1.165) is 35.2 Å². The van der Waals surface area contributed by atoms with Crippen molar-refractivity contribution in [3.8, 4) is 89.5 Å². The first kappa shape index (κ1) is 63.1. The van der Waals surface area contributed by atoms with Crippen molar-refractivity contribution in [1.29, 1.82) is 0 Å². The number of benzene rings is 8. The molecular weight excluding hydrogens is 1190 g/mol. The molecule has 0 radical (unpaired) electrons. The third-order valence-electron chi connectivity index (χ3n) is 22.5. The molecule has 4 nitrogen and oxygen atoms in total. The van der Waals surface area contributed by atoms with Gasteiger partial charge in [0, 0.05) is 96.6 Å². The summed E-state index contributed by atoms with van der Waals surface area (Å²) in [7, 11) is 8.41. The van der Waals surface area contributed by atoms with Crippen LogP contribution < -0.4 is 18.3 Å². The molecule has 0 amide bonds.